The third-order valence-electron chi connectivity index (χ3n) is 3.19. The van der Waals surface area contributed by atoms with Gasteiger partial charge >= 0.3 is 5.97 Å². The summed E-state index contributed by atoms with van der Waals surface area (Å²) < 4.78 is 0. The molecule has 1 aromatic carbocycles. The van der Waals surface area contributed by atoms with E-state index in [2.05, 4.69) is 45.9 Å². The van der Waals surface area contributed by atoms with Gasteiger partial charge in [-0.3, -0.25) is 4.79 Å². The maximum absolute atomic E-state index is 10.6. The van der Waals surface area contributed by atoms with E-state index in [1.165, 1.54) is 16.7 Å². The summed E-state index contributed by atoms with van der Waals surface area (Å²) in [6.07, 6.45) is 1.90. The Kier molecular flexibility index (Phi) is 4.33. The fraction of sp³-hybridized carbons (Fsp3) is 0.533. The lowest BCUT2D eigenvalue weighted by atomic mass is 9.80. The number of carboxylic acid groups (broad SMARTS) is 1. The van der Waals surface area contributed by atoms with Crippen molar-refractivity contribution in [2.24, 2.45) is 5.41 Å². The Morgan fingerprint density at radius 1 is 1.29 bits per heavy atom. The largest absolute Gasteiger partial charge is 0.481 e. The van der Waals surface area contributed by atoms with Crippen molar-refractivity contribution in [1.82, 2.24) is 0 Å². The molecule has 1 N–H and O–H groups in total. The molecule has 2 nitrogen and oxygen atoms in total. The van der Waals surface area contributed by atoms with Crippen LogP contribution in [0.15, 0.2) is 18.2 Å². The Balaban J connectivity index is 2.74. The van der Waals surface area contributed by atoms with Crippen LogP contribution in [0.4, 0.5) is 0 Å². The first-order chi connectivity index (χ1) is 7.80. The smallest absolute Gasteiger partial charge is 0.303 e. The molecule has 94 valence electrons. The second-order valence-electron chi connectivity index (χ2n) is 5.66. The first-order valence-electron chi connectivity index (χ1n) is 6.08. The highest BCUT2D eigenvalue weighted by Gasteiger charge is 2.20. The van der Waals surface area contributed by atoms with Crippen LogP contribution >= 0.6 is 0 Å². The van der Waals surface area contributed by atoms with Crippen LogP contribution < -0.4 is 0 Å². The lowest BCUT2D eigenvalue weighted by molar-refractivity contribution is -0.137. The van der Waals surface area contributed by atoms with Crippen LogP contribution in [-0.4, -0.2) is 11.1 Å². The van der Waals surface area contributed by atoms with Gasteiger partial charge in [-0.2, -0.15) is 0 Å². The molecule has 0 aliphatic rings. The van der Waals surface area contributed by atoms with Gasteiger partial charge in [0.25, 0.3) is 0 Å². The molecule has 0 saturated heterocycles. The van der Waals surface area contributed by atoms with Crippen molar-refractivity contribution < 1.29 is 9.90 Å². The number of hydrogen-bond acceptors (Lipinski definition) is 1. The molecule has 0 bridgehead atoms. The third kappa shape index (κ3) is 4.59. The van der Waals surface area contributed by atoms with E-state index in [9.17, 15) is 4.79 Å². The zero-order chi connectivity index (χ0) is 13.1. The number of aliphatic carboxylic acids is 1. The van der Waals surface area contributed by atoms with E-state index >= 15 is 0 Å². The van der Waals surface area contributed by atoms with Crippen molar-refractivity contribution in [2.75, 3.05) is 0 Å². The second kappa shape index (κ2) is 5.35. The Morgan fingerprint density at radius 3 is 2.53 bits per heavy atom. The summed E-state index contributed by atoms with van der Waals surface area (Å²) in [5.74, 6) is -0.709. The molecule has 0 fully saturated rings. The molecular formula is C15H22O2. The quantitative estimate of drug-likeness (QED) is 0.842. The van der Waals surface area contributed by atoms with E-state index in [1.807, 2.05) is 0 Å². The maximum Gasteiger partial charge on any atom is 0.303 e. The van der Waals surface area contributed by atoms with Gasteiger partial charge in [-0.25, -0.2) is 0 Å². The zero-order valence-corrected chi connectivity index (χ0v) is 11.2. The monoisotopic (exact) mass is 234 g/mol. The van der Waals surface area contributed by atoms with Gasteiger partial charge in [-0.15, -0.1) is 0 Å². The minimum atomic E-state index is -0.709. The second-order valence-corrected chi connectivity index (χ2v) is 5.66. The summed E-state index contributed by atoms with van der Waals surface area (Å²) in [5.41, 5.74) is 3.93. The average molecular weight is 234 g/mol. The van der Waals surface area contributed by atoms with Gasteiger partial charge in [0.1, 0.15) is 0 Å². The van der Waals surface area contributed by atoms with Crippen LogP contribution in [0.1, 0.15) is 43.4 Å². The van der Waals surface area contributed by atoms with Crippen molar-refractivity contribution in [3.63, 3.8) is 0 Å². The Morgan fingerprint density at radius 2 is 1.94 bits per heavy atom. The Hall–Kier alpha value is -1.31. The molecular weight excluding hydrogens is 212 g/mol. The maximum atomic E-state index is 10.6. The van der Waals surface area contributed by atoms with E-state index < -0.39 is 5.97 Å². The predicted octanol–water partition coefficient (Wildman–Crippen LogP) is 3.74. The van der Waals surface area contributed by atoms with Gasteiger partial charge in [-0.1, -0.05) is 37.6 Å². The lowest BCUT2D eigenvalue weighted by Crippen LogP contribution is -2.17. The fourth-order valence-corrected chi connectivity index (χ4v) is 2.04. The SMILES string of the molecule is Cc1ccc(C)c(CC(C)(C)CCC(=O)O)c1. The minimum Gasteiger partial charge on any atom is -0.481 e. The van der Waals surface area contributed by atoms with Crippen LogP contribution in [0.2, 0.25) is 0 Å². The Labute approximate surface area is 104 Å². The van der Waals surface area contributed by atoms with Gasteiger partial charge in [0, 0.05) is 6.42 Å². The molecule has 0 radical (unpaired) electrons. The van der Waals surface area contributed by atoms with Crippen LogP contribution in [0.25, 0.3) is 0 Å². The molecule has 0 atom stereocenters. The first kappa shape index (κ1) is 13.8. The van der Waals surface area contributed by atoms with E-state index in [4.69, 9.17) is 5.11 Å². The number of rotatable bonds is 5. The summed E-state index contributed by atoms with van der Waals surface area (Å²) in [7, 11) is 0. The number of carboxylic acids is 1. The van der Waals surface area contributed by atoms with E-state index in [0.29, 0.717) is 0 Å². The molecule has 0 spiro atoms. The molecule has 0 aliphatic heterocycles. The van der Waals surface area contributed by atoms with Gasteiger partial charge in [-0.05, 0) is 43.2 Å². The summed E-state index contributed by atoms with van der Waals surface area (Å²) in [6, 6.07) is 6.46. The normalized spacial score (nSPS) is 11.5. The van der Waals surface area contributed by atoms with Crippen molar-refractivity contribution in [2.45, 2.75) is 47.0 Å². The minimum absolute atomic E-state index is 0.0386. The molecule has 0 aromatic heterocycles. The van der Waals surface area contributed by atoms with Crippen LogP contribution in [-0.2, 0) is 11.2 Å². The van der Waals surface area contributed by atoms with E-state index in [1.54, 1.807) is 0 Å². The van der Waals surface area contributed by atoms with Gasteiger partial charge in [0.2, 0.25) is 0 Å². The van der Waals surface area contributed by atoms with Crippen molar-refractivity contribution in [3.05, 3.63) is 34.9 Å². The molecule has 0 heterocycles. The summed E-state index contributed by atoms with van der Waals surface area (Å²) in [5, 5.41) is 8.74. The molecule has 0 amide bonds. The van der Waals surface area contributed by atoms with Gasteiger partial charge in [0.05, 0.1) is 0 Å². The third-order valence-corrected chi connectivity index (χ3v) is 3.19. The molecule has 1 aromatic rings. The molecule has 0 aliphatic carbocycles. The highest BCUT2D eigenvalue weighted by molar-refractivity contribution is 5.66. The summed E-state index contributed by atoms with van der Waals surface area (Å²) in [4.78, 5) is 10.6. The average Bonchev–Trinajstić information content (AvgIpc) is 2.20. The van der Waals surface area contributed by atoms with Gasteiger partial charge < -0.3 is 5.11 Å². The van der Waals surface area contributed by atoms with Crippen molar-refractivity contribution >= 4 is 5.97 Å². The highest BCUT2D eigenvalue weighted by Crippen LogP contribution is 2.29. The molecule has 0 saturated carbocycles. The van der Waals surface area contributed by atoms with Crippen LogP contribution in [0.5, 0.6) is 0 Å². The van der Waals surface area contributed by atoms with E-state index in [-0.39, 0.29) is 11.8 Å². The lowest BCUT2D eigenvalue weighted by Gasteiger charge is -2.25. The molecule has 17 heavy (non-hydrogen) atoms. The highest BCUT2D eigenvalue weighted by atomic mass is 16.4. The standard InChI is InChI=1S/C15H22O2/c1-11-5-6-12(2)13(9-11)10-15(3,4)8-7-14(16)17/h5-6,9H,7-8,10H2,1-4H3,(H,16,17). The predicted molar refractivity (Wildman–Crippen MR) is 70.3 cm³/mol. The van der Waals surface area contributed by atoms with Crippen molar-refractivity contribution in [3.8, 4) is 0 Å². The fourth-order valence-electron chi connectivity index (χ4n) is 2.04. The number of benzene rings is 1. The number of hydrogen-bond donors (Lipinski definition) is 1. The molecule has 2 heteroatoms. The Bertz CT molecular complexity index is 405. The van der Waals surface area contributed by atoms with E-state index in [0.717, 1.165) is 12.8 Å². The topological polar surface area (TPSA) is 37.3 Å². The summed E-state index contributed by atoms with van der Waals surface area (Å²) in [6.45, 7) is 8.48. The first-order valence-corrected chi connectivity index (χ1v) is 6.08. The number of carbonyl (C=O) groups is 1. The van der Waals surface area contributed by atoms with Gasteiger partial charge in [0.15, 0.2) is 0 Å². The zero-order valence-electron chi connectivity index (χ0n) is 11.2. The van der Waals surface area contributed by atoms with Crippen molar-refractivity contribution in [1.29, 1.82) is 0 Å². The summed E-state index contributed by atoms with van der Waals surface area (Å²) >= 11 is 0. The molecule has 1 rings (SSSR count). The van der Waals surface area contributed by atoms with Crippen LogP contribution in [0, 0.1) is 19.3 Å². The molecule has 0 unspecified atom stereocenters. The number of aryl methyl sites for hydroxylation is 2. The van der Waals surface area contributed by atoms with Crippen LogP contribution in [0.3, 0.4) is 0 Å².